The molecule has 0 atom stereocenters. The van der Waals surface area contributed by atoms with Crippen LogP contribution in [0.5, 0.6) is 0 Å². The van der Waals surface area contributed by atoms with Gasteiger partial charge in [0, 0.05) is 26.2 Å². The second-order valence-electron chi connectivity index (χ2n) is 7.96. The van der Waals surface area contributed by atoms with E-state index < -0.39 is 21.0 Å². The molecule has 0 bridgehead atoms. The van der Waals surface area contributed by atoms with Gasteiger partial charge < -0.3 is 9.80 Å². The van der Waals surface area contributed by atoms with Crippen molar-refractivity contribution in [2.75, 3.05) is 37.7 Å². The Morgan fingerprint density at radius 1 is 0.964 bits per heavy atom. The second kappa shape index (κ2) is 9.54. The van der Waals surface area contributed by atoms with E-state index in [1.54, 1.807) is 9.80 Å². The van der Waals surface area contributed by atoms with Gasteiger partial charge >= 0.3 is 0 Å². The first-order valence-corrected chi connectivity index (χ1v) is 11.8. The van der Waals surface area contributed by atoms with Crippen molar-refractivity contribution in [3.8, 4) is 0 Å². The molecule has 0 aliphatic carbocycles. The Kier molecular flexibility index (Phi) is 7.63. The van der Waals surface area contributed by atoms with Crippen LogP contribution in [0.15, 0.2) is 30.3 Å². The number of sulfone groups is 1. The number of amides is 2. The SMILES string of the molecule is CCCCCS(=O)(=O)CC(=O)N1CCN(C(=O)C(C)(C)c2ccccc2)CC1. The predicted molar refractivity (Wildman–Crippen MR) is 111 cm³/mol. The smallest absolute Gasteiger partial charge is 0.237 e. The maximum atomic E-state index is 13.0. The van der Waals surface area contributed by atoms with Crippen LogP contribution in [-0.4, -0.2) is 67.7 Å². The highest BCUT2D eigenvalue weighted by Gasteiger charge is 2.36. The normalized spacial score (nSPS) is 15.5. The maximum Gasteiger partial charge on any atom is 0.237 e. The third-order valence-electron chi connectivity index (χ3n) is 5.35. The molecule has 6 nitrogen and oxygen atoms in total. The monoisotopic (exact) mass is 408 g/mol. The van der Waals surface area contributed by atoms with E-state index in [9.17, 15) is 18.0 Å². The van der Waals surface area contributed by atoms with E-state index in [0.717, 1.165) is 18.4 Å². The molecule has 1 fully saturated rings. The van der Waals surface area contributed by atoms with E-state index in [4.69, 9.17) is 0 Å². The van der Waals surface area contributed by atoms with Crippen molar-refractivity contribution in [1.82, 2.24) is 9.80 Å². The quantitative estimate of drug-likeness (QED) is 0.618. The number of carbonyl (C=O) groups is 2. The summed E-state index contributed by atoms with van der Waals surface area (Å²) >= 11 is 0. The molecule has 1 aliphatic heterocycles. The molecule has 0 aromatic heterocycles. The first kappa shape index (κ1) is 22.4. The van der Waals surface area contributed by atoms with Crippen LogP contribution < -0.4 is 0 Å². The molecule has 0 unspecified atom stereocenters. The molecular formula is C21H32N2O4S. The minimum atomic E-state index is -3.36. The third-order valence-corrected chi connectivity index (χ3v) is 6.95. The summed E-state index contributed by atoms with van der Waals surface area (Å²) in [7, 11) is -3.36. The molecule has 28 heavy (non-hydrogen) atoms. The summed E-state index contributed by atoms with van der Waals surface area (Å²) in [5.41, 5.74) is 0.312. The van der Waals surface area contributed by atoms with E-state index in [1.165, 1.54) is 0 Å². The lowest BCUT2D eigenvalue weighted by Crippen LogP contribution is -2.55. The predicted octanol–water partition coefficient (Wildman–Crippen LogP) is 2.24. The van der Waals surface area contributed by atoms with Crippen molar-refractivity contribution < 1.29 is 18.0 Å². The number of carbonyl (C=O) groups excluding carboxylic acids is 2. The Morgan fingerprint density at radius 2 is 1.54 bits per heavy atom. The fourth-order valence-electron chi connectivity index (χ4n) is 3.46. The molecule has 2 amide bonds. The molecule has 7 heteroatoms. The number of rotatable bonds is 8. The Bertz CT molecular complexity index is 767. The number of benzene rings is 1. The van der Waals surface area contributed by atoms with Crippen LogP contribution in [0.4, 0.5) is 0 Å². The summed E-state index contributed by atoms with van der Waals surface area (Å²) in [5, 5.41) is 0. The fraction of sp³-hybridized carbons (Fsp3) is 0.619. The summed E-state index contributed by atoms with van der Waals surface area (Å²) in [6, 6.07) is 9.65. The zero-order valence-electron chi connectivity index (χ0n) is 17.2. The standard InChI is InChI=1S/C21H32N2O4S/c1-4-5-9-16-28(26,27)17-19(24)22-12-14-23(15-13-22)20(25)21(2,3)18-10-7-6-8-11-18/h6-8,10-11H,4-5,9,12-17H2,1-3H3. The van der Waals surface area contributed by atoms with Gasteiger partial charge in [-0.2, -0.15) is 0 Å². The van der Waals surface area contributed by atoms with Crippen molar-refractivity contribution in [2.24, 2.45) is 0 Å². The molecular weight excluding hydrogens is 376 g/mol. The maximum absolute atomic E-state index is 13.0. The van der Waals surface area contributed by atoms with Crippen LogP contribution in [0.25, 0.3) is 0 Å². The van der Waals surface area contributed by atoms with Crippen LogP contribution in [0.1, 0.15) is 45.6 Å². The Balaban J connectivity index is 1.90. The largest absolute Gasteiger partial charge is 0.338 e. The molecule has 0 spiro atoms. The van der Waals surface area contributed by atoms with Crippen LogP contribution in [-0.2, 0) is 24.8 Å². The molecule has 1 aromatic rings. The highest BCUT2D eigenvalue weighted by Crippen LogP contribution is 2.26. The van der Waals surface area contributed by atoms with Crippen LogP contribution in [0.2, 0.25) is 0 Å². The van der Waals surface area contributed by atoms with Gasteiger partial charge in [-0.05, 0) is 25.8 Å². The average molecular weight is 409 g/mol. The lowest BCUT2D eigenvalue weighted by Gasteiger charge is -2.38. The minimum absolute atomic E-state index is 0.0259. The van der Waals surface area contributed by atoms with Gasteiger partial charge in [-0.15, -0.1) is 0 Å². The van der Waals surface area contributed by atoms with E-state index >= 15 is 0 Å². The summed E-state index contributed by atoms with van der Waals surface area (Å²) in [4.78, 5) is 28.7. The second-order valence-corrected chi connectivity index (χ2v) is 10.1. The number of hydrogen-bond acceptors (Lipinski definition) is 4. The molecule has 156 valence electrons. The lowest BCUT2D eigenvalue weighted by atomic mass is 9.83. The highest BCUT2D eigenvalue weighted by molar-refractivity contribution is 7.92. The van der Waals surface area contributed by atoms with E-state index in [2.05, 4.69) is 0 Å². The van der Waals surface area contributed by atoms with Gasteiger partial charge in [0.25, 0.3) is 0 Å². The van der Waals surface area contributed by atoms with Crippen molar-refractivity contribution in [3.05, 3.63) is 35.9 Å². The molecule has 0 radical (unpaired) electrons. The van der Waals surface area contributed by atoms with E-state index in [1.807, 2.05) is 51.1 Å². The molecule has 2 rings (SSSR count). The Morgan fingerprint density at radius 3 is 2.11 bits per heavy atom. The summed E-state index contributed by atoms with van der Waals surface area (Å²) < 4.78 is 24.2. The van der Waals surface area contributed by atoms with Crippen molar-refractivity contribution in [3.63, 3.8) is 0 Å². The van der Waals surface area contributed by atoms with Gasteiger partial charge in [0.1, 0.15) is 5.75 Å². The molecule has 1 aromatic carbocycles. The van der Waals surface area contributed by atoms with Crippen LogP contribution >= 0.6 is 0 Å². The zero-order valence-corrected chi connectivity index (χ0v) is 18.0. The summed E-state index contributed by atoms with van der Waals surface area (Å²) in [6.45, 7) is 7.43. The summed E-state index contributed by atoms with van der Waals surface area (Å²) in [5.74, 6) is -0.694. The highest BCUT2D eigenvalue weighted by atomic mass is 32.2. The molecule has 1 heterocycles. The first-order valence-electron chi connectivity index (χ1n) is 10.0. The topological polar surface area (TPSA) is 74.8 Å². The van der Waals surface area contributed by atoms with Gasteiger partial charge in [0.05, 0.1) is 11.2 Å². The minimum Gasteiger partial charge on any atom is -0.338 e. The third kappa shape index (κ3) is 5.80. The molecule has 0 saturated carbocycles. The van der Waals surface area contributed by atoms with Crippen LogP contribution in [0, 0.1) is 0 Å². The number of unbranched alkanes of at least 4 members (excludes halogenated alkanes) is 2. The van der Waals surface area contributed by atoms with Gasteiger partial charge in [-0.3, -0.25) is 9.59 Å². The van der Waals surface area contributed by atoms with Gasteiger partial charge in [0.15, 0.2) is 9.84 Å². The number of hydrogen-bond donors (Lipinski definition) is 0. The Hall–Kier alpha value is -1.89. The Labute approximate surface area is 168 Å². The first-order chi connectivity index (χ1) is 13.2. The fourth-order valence-corrected chi connectivity index (χ4v) is 4.80. The van der Waals surface area contributed by atoms with E-state index in [-0.39, 0.29) is 17.6 Å². The van der Waals surface area contributed by atoms with Gasteiger partial charge in [-0.25, -0.2) is 8.42 Å². The zero-order chi connectivity index (χ0) is 20.8. The van der Waals surface area contributed by atoms with Gasteiger partial charge in [0.2, 0.25) is 11.8 Å². The van der Waals surface area contributed by atoms with Crippen molar-refractivity contribution in [1.29, 1.82) is 0 Å². The van der Waals surface area contributed by atoms with Crippen LogP contribution in [0.3, 0.4) is 0 Å². The number of nitrogens with zero attached hydrogens (tertiary/aromatic N) is 2. The molecule has 1 aliphatic rings. The van der Waals surface area contributed by atoms with Crippen molar-refractivity contribution >= 4 is 21.7 Å². The molecule has 1 saturated heterocycles. The van der Waals surface area contributed by atoms with E-state index in [0.29, 0.717) is 32.6 Å². The average Bonchev–Trinajstić information content (AvgIpc) is 2.68. The van der Waals surface area contributed by atoms with Gasteiger partial charge in [-0.1, -0.05) is 50.1 Å². The van der Waals surface area contributed by atoms with Crippen molar-refractivity contribution in [2.45, 2.75) is 45.4 Å². The lowest BCUT2D eigenvalue weighted by molar-refractivity contribution is -0.141. The number of piperazine rings is 1. The molecule has 0 N–H and O–H groups in total. The summed E-state index contributed by atoms with van der Waals surface area (Å²) in [6.07, 6.45) is 2.40.